The molecule has 4 heterocycles. The Morgan fingerprint density at radius 1 is 1.00 bits per heavy atom. The number of furan rings is 1. The Balaban J connectivity index is 1.07. The summed E-state index contributed by atoms with van der Waals surface area (Å²) < 4.78 is 44.6. The average Bonchev–Trinajstić information content (AvgIpc) is 3.47. The van der Waals surface area contributed by atoms with E-state index in [4.69, 9.17) is 13.9 Å². The number of pyridine rings is 1. The molecule has 2 saturated heterocycles. The van der Waals surface area contributed by atoms with E-state index in [1.807, 2.05) is 12.1 Å². The molecule has 1 unspecified atom stereocenters. The van der Waals surface area contributed by atoms with Gasteiger partial charge in [0.15, 0.2) is 16.6 Å². The van der Waals surface area contributed by atoms with Crippen LogP contribution in [0.4, 0.5) is 0 Å². The minimum absolute atomic E-state index is 0.0606. The van der Waals surface area contributed by atoms with Crippen LogP contribution in [0.15, 0.2) is 58.1 Å². The molecule has 270 valence electrons. The maximum atomic E-state index is 13.6. The van der Waals surface area contributed by atoms with Crippen LogP contribution >= 0.6 is 0 Å². The third kappa shape index (κ3) is 9.27. The Labute approximate surface area is 293 Å². The molecule has 2 aromatic heterocycles. The van der Waals surface area contributed by atoms with Crippen LogP contribution < -0.4 is 15.4 Å². The van der Waals surface area contributed by atoms with E-state index >= 15 is 0 Å². The standard InChI is InChI=1S/C36H47N5O8S/c42-31-25-41(50(45,46)34-10-4-5-13-37-34)14-6-9-27(31)24-38-35(43)30(21-26-7-2-1-3-8-26)39-36(44)33-23-28-22-29(11-12-32(28)49-33)48-20-17-40-15-18-47-19-16-40/h4-5,10-13,22-23,26-27,30H,1-3,6-9,14-21,24-25H2,(H,38,43)(H,39,44)/t27?,30-/m0/s1. The Bertz CT molecular complexity index is 1720. The summed E-state index contributed by atoms with van der Waals surface area (Å²) in [7, 11) is -3.92. The van der Waals surface area contributed by atoms with Crippen molar-refractivity contribution in [3.8, 4) is 5.75 Å². The first-order valence-corrected chi connectivity index (χ1v) is 19.2. The van der Waals surface area contributed by atoms with Gasteiger partial charge in [-0.2, -0.15) is 4.31 Å². The number of rotatable bonds is 13. The fraction of sp³-hybridized carbons (Fsp3) is 0.556. The monoisotopic (exact) mass is 709 g/mol. The normalized spacial score (nSPS) is 20.6. The van der Waals surface area contributed by atoms with E-state index in [9.17, 15) is 22.8 Å². The van der Waals surface area contributed by atoms with Gasteiger partial charge in [-0.3, -0.25) is 19.3 Å². The van der Waals surface area contributed by atoms with E-state index in [1.54, 1.807) is 24.3 Å². The lowest BCUT2D eigenvalue weighted by atomic mass is 9.84. The predicted molar refractivity (Wildman–Crippen MR) is 185 cm³/mol. The zero-order valence-electron chi connectivity index (χ0n) is 28.4. The fourth-order valence-corrected chi connectivity index (χ4v) is 8.39. The Morgan fingerprint density at radius 3 is 2.60 bits per heavy atom. The minimum atomic E-state index is -3.92. The summed E-state index contributed by atoms with van der Waals surface area (Å²) in [5, 5.41) is 6.44. The summed E-state index contributed by atoms with van der Waals surface area (Å²) in [6, 6.07) is 10.9. The second-order valence-electron chi connectivity index (χ2n) is 13.4. The predicted octanol–water partition coefficient (Wildman–Crippen LogP) is 3.39. The van der Waals surface area contributed by atoms with Crippen LogP contribution in [0.5, 0.6) is 5.75 Å². The number of amides is 2. The van der Waals surface area contributed by atoms with Crippen LogP contribution in [0.1, 0.15) is 61.9 Å². The van der Waals surface area contributed by atoms with Gasteiger partial charge >= 0.3 is 0 Å². The molecule has 2 amide bonds. The molecule has 2 aliphatic heterocycles. The first kappa shape index (κ1) is 36.0. The van der Waals surface area contributed by atoms with Gasteiger partial charge in [0.1, 0.15) is 24.0 Å². The lowest BCUT2D eigenvalue weighted by Crippen LogP contribution is -2.49. The lowest BCUT2D eigenvalue weighted by molar-refractivity contribution is -0.125. The van der Waals surface area contributed by atoms with Gasteiger partial charge in [-0.15, -0.1) is 0 Å². The number of sulfonamides is 1. The molecule has 13 nitrogen and oxygen atoms in total. The van der Waals surface area contributed by atoms with Crippen molar-refractivity contribution >= 4 is 38.6 Å². The average molecular weight is 710 g/mol. The first-order chi connectivity index (χ1) is 24.3. The number of nitrogens with one attached hydrogen (secondary N) is 2. The SMILES string of the molecule is O=C(N[C@@H](CC1CCCCC1)C(=O)NCC1CCCN(S(=O)(=O)c2ccccn2)CC1=O)c1cc2cc(OCCN3CCOCC3)ccc2o1. The number of hydrogen-bond acceptors (Lipinski definition) is 10. The highest BCUT2D eigenvalue weighted by atomic mass is 32.2. The van der Waals surface area contributed by atoms with E-state index in [2.05, 4.69) is 20.5 Å². The smallest absolute Gasteiger partial charge is 0.287 e. The largest absolute Gasteiger partial charge is 0.492 e. The van der Waals surface area contributed by atoms with Crippen molar-refractivity contribution in [1.29, 1.82) is 0 Å². The van der Waals surface area contributed by atoms with Crippen molar-refractivity contribution in [3.63, 3.8) is 0 Å². The molecular formula is C36H47N5O8S. The molecule has 1 aliphatic carbocycles. The number of morpholine rings is 1. The van der Waals surface area contributed by atoms with Crippen LogP contribution in [0.3, 0.4) is 0 Å². The molecule has 14 heteroatoms. The van der Waals surface area contributed by atoms with Gasteiger partial charge in [0, 0.05) is 50.2 Å². The number of ether oxygens (including phenoxy) is 2. The fourth-order valence-electron chi connectivity index (χ4n) is 7.01. The van der Waals surface area contributed by atoms with Crippen LogP contribution in [-0.4, -0.2) is 105 Å². The molecule has 1 saturated carbocycles. The van der Waals surface area contributed by atoms with Crippen LogP contribution in [-0.2, 0) is 24.3 Å². The number of carbonyl (C=O) groups is 3. The highest BCUT2D eigenvalue weighted by molar-refractivity contribution is 7.89. The van der Waals surface area contributed by atoms with Gasteiger partial charge in [0.2, 0.25) is 5.91 Å². The van der Waals surface area contributed by atoms with Crippen molar-refractivity contribution in [3.05, 3.63) is 54.4 Å². The molecule has 3 aromatic rings. The van der Waals surface area contributed by atoms with Crippen molar-refractivity contribution in [1.82, 2.24) is 24.8 Å². The summed E-state index contributed by atoms with van der Waals surface area (Å²) in [6.45, 7) is 4.54. The maximum absolute atomic E-state index is 13.6. The molecule has 1 aromatic carbocycles. The Morgan fingerprint density at radius 2 is 1.82 bits per heavy atom. The second-order valence-corrected chi connectivity index (χ2v) is 15.3. The van der Waals surface area contributed by atoms with Gasteiger partial charge in [-0.25, -0.2) is 13.4 Å². The van der Waals surface area contributed by atoms with Gasteiger partial charge in [0.25, 0.3) is 15.9 Å². The highest BCUT2D eigenvalue weighted by Gasteiger charge is 2.34. The molecule has 3 fully saturated rings. The van der Waals surface area contributed by atoms with E-state index in [1.165, 1.54) is 16.6 Å². The molecule has 2 atom stereocenters. The first-order valence-electron chi connectivity index (χ1n) is 17.8. The van der Waals surface area contributed by atoms with Crippen molar-refractivity contribution in [2.45, 2.75) is 62.4 Å². The van der Waals surface area contributed by atoms with E-state index in [0.29, 0.717) is 37.2 Å². The molecule has 0 radical (unpaired) electrons. The zero-order chi connectivity index (χ0) is 34.9. The van der Waals surface area contributed by atoms with Gasteiger partial charge in [-0.05, 0) is 61.6 Å². The zero-order valence-corrected chi connectivity index (χ0v) is 29.2. The molecular weight excluding hydrogens is 662 g/mol. The van der Waals surface area contributed by atoms with Crippen molar-refractivity contribution < 1.29 is 36.7 Å². The molecule has 0 spiro atoms. The van der Waals surface area contributed by atoms with Crippen LogP contribution in [0.2, 0.25) is 0 Å². The number of benzene rings is 1. The third-order valence-electron chi connectivity index (χ3n) is 9.92. The summed E-state index contributed by atoms with van der Waals surface area (Å²) in [5.74, 6) is -0.605. The van der Waals surface area contributed by atoms with Crippen molar-refractivity contribution in [2.24, 2.45) is 11.8 Å². The quantitative estimate of drug-likeness (QED) is 0.269. The second kappa shape index (κ2) is 16.9. The topological polar surface area (TPSA) is 160 Å². The van der Waals surface area contributed by atoms with Crippen LogP contribution in [0.25, 0.3) is 11.0 Å². The molecule has 0 bridgehead atoms. The van der Waals surface area contributed by atoms with Crippen molar-refractivity contribution in [2.75, 3.05) is 59.1 Å². The van der Waals surface area contributed by atoms with Crippen LogP contribution in [0, 0.1) is 11.8 Å². The van der Waals surface area contributed by atoms with E-state index in [-0.39, 0.29) is 48.0 Å². The summed E-state index contributed by atoms with van der Waals surface area (Å²) in [6.07, 6.45) is 8.09. The number of aromatic nitrogens is 1. The lowest BCUT2D eigenvalue weighted by Gasteiger charge is -2.27. The van der Waals surface area contributed by atoms with E-state index < -0.39 is 27.9 Å². The maximum Gasteiger partial charge on any atom is 0.287 e. The van der Waals surface area contributed by atoms with E-state index in [0.717, 1.165) is 70.3 Å². The summed E-state index contributed by atoms with van der Waals surface area (Å²) in [4.78, 5) is 46.6. The highest BCUT2D eigenvalue weighted by Crippen LogP contribution is 2.29. The number of fused-ring (bicyclic) bond motifs is 1. The summed E-state index contributed by atoms with van der Waals surface area (Å²) >= 11 is 0. The number of ketones is 1. The molecule has 50 heavy (non-hydrogen) atoms. The third-order valence-corrected chi connectivity index (χ3v) is 11.7. The molecule has 2 N–H and O–H groups in total. The van der Waals surface area contributed by atoms with Gasteiger partial charge < -0.3 is 24.5 Å². The Kier molecular flexibility index (Phi) is 12.2. The minimum Gasteiger partial charge on any atom is -0.492 e. The number of Topliss-reactive ketones (excluding diaryl/α,β-unsaturated/α-hetero) is 1. The molecule has 3 aliphatic rings. The number of carbonyl (C=O) groups excluding carboxylic acids is 3. The van der Waals surface area contributed by atoms with Gasteiger partial charge in [-0.1, -0.05) is 38.2 Å². The van der Waals surface area contributed by atoms with Gasteiger partial charge in [0.05, 0.1) is 19.8 Å². The number of hydrogen-bond donors (Lipinski definition) is 2. The Hall–Kier alpha value is -3.85. The number of nitrogens with zero attached hydrogens (tertiary/aromatic N) is 3. The molecule has 6 rings (SSSR count). The summed E-state index contributed by atoms with van der Waals surface area (Å²) in [5.41, 5.74) is 0.537.